The maximum Gasteiger partial charge on any atom is 0.179 e. The van der Waals surface area contributed by atoms with Crippen LogP contribution in [0.3, 0.4) is 0 Å². The van der Waals surface area contributed by atoms with Crippen LogP contribution in [0.5, 0.6) is 11.5 Å². The van der Waals surface area contributed by atoms with Crippen molar-refractivity contribution in [1.29, 1.82) is 5.26 Å². The number of halogens is 1. The first-order valence-electron chi connectivity index (χ1n) is 8.07. The van der Waals surface area contributed by atoms with Crippen molar-refractivity contribution in [2.75, 3.05) is 14.2 Å². The standard InChI is InChI=1S/C20H17ClN4O2/c1-25-19(14-7-5-4-6-8-14)23-24-20(25)15(12-22)9-13-10-16(21)18(27-3)17(11-13)26-2/h4-11H,1-3H3/b15-9-. The molecule has 0 N–H and O–H groups in total. The van der Waals surface area contributed by atoms with Crippen LogP contribution >= 0.6 is 11.6 Å². The zero-order chi connectivity index (χ0) is 19.4. The largest absolute Gasteiger partial charge is 0.493 e. The molecule has 0 spiro atoms. The fraction of sp³-hybridized carbons (Fsp3) is 0.150. The van der Waals surface area contributed by atoms with Gasteiger partial charge >= 0.3 is 0 Å². The third-order valence-electron chi connectivity index (χ3n) is 4.04. The Hall–Kier alpha value is -3.30. The SMILES string of the molecule is COc1cc(/C=C(/C#N)c2nnc(-c3ccccc3)n2C)cc(Cl)c1OC. The topological polar surface area (TPSA) is 73.0 Å². The van der Waals surface area contributed by atoms with Crippen LogP contribution in [0.15, 0.2) is 42.5 Å². The Labute approximate surface area is 162 Å². The van der Waals surface area contributed by atoms with Crippen LogP contribution in [0.25, 0.3) is 23.0 Å². The van der Waals surface area contributed by atoms with E-state index in [1.807, 2.05) is 37.4 Å². The highest BCUT2D eigenvalue weighted by molar-refractivity contribution is 6.32. The first-order valence-corrected chi connectivity index (χ1v) is 8.45. The molecule has 2 aromatic carbocycles. The molecule has 3 aromatic rings. The zero-order valence-corrected chi connectivity index (χ0v) is 15.9. The third-order valence-corrected chi connectivity index (χ3v) is 4.32. The lowest BCUT2D eigenvalue weighted by Crippen LogP contribution is -1.99. The second-order valence-electron chi connectivity index (χ2n) is 5.68. The Morgan fingerprint density at radius 3 is 2.52 bits per heavy atom. The molecule has 0 aliphatic heterocycles. The van der Waals surface area contributed by atoms with Crippen molar-refractivity contribution in [1.82, 2.24) is 14.8 Å². The molecule has 3 rings (SSSR count). The predicted molar refractivity (Wildman–Crippen MR) is 104 cm³/mol. The summed E-state index contributed by atoms with van der Waals surface area (Å²) in [4.78, 5) is 0. The minimum atomic E-state index is 0.357. The molecule has 0 saturated heterocycles. The van der Waals surface area contributed by atoms with Gasteiger partial charge in [0.1, 0.15) is 6.07 Å². The number of hydrogen-bond acceptors (Lipinski definition) is 5. The smallest absolute Gasteiger partial charge is 0.179 e. The summed E-state index contributed by atoms with van der Waals surface area (Å²) in [6.07, 6.45) is 1.69. The number of nitriles is 1. The second-order valence-corrected chi connectivity index (χ2v) is 6.09. The molecule has 0 unspecified atom stereocenters. The highest BCUT2D eigenvalue weighted by atomic mass is 35.5. The second kappa shape index (κ2) is 7.94. The summed E-state index contributed by atoms with van der Waals surface area (Å²) in [6, 6.07) is 15.3. The van der Waals surface area contributed by atoms with Gasteiger partial charge in [0.15, 0.2) is 23.1 Å². The van der Waals surface area contributed by atoms with Crippen LogP contribution in [0, 0.1) is 11.3 Å². The molecule has 7 heteroatoms. The molecular weight excluding hydrogens is 364 g/mol. The van der Waals surface area contributed by atoms with Crippen LogP contribution in [0.4, 0.5) is 0 Å². The van der Waals surface area contributed by atoms with Crippen molar-refractivity contribution < 1.29 is 9.47 Å². The quantitative estimate of drug-likeness (QED) is 0.620. The normalized spacial score (nSPS) is 11.1. The molecule has 0 fully saturated rings. The van der Waals surface area contributed by atoms with Crippen molar-refractivity contribution in [2.24, 2.45) is 7.05 Å². The maximum absolute atomic E-state index is 9.65. The summed E-state index contributed by atoms with van der Waals surface area (Å²) in [5.74, 6) is 2.07. The van der Waals surface area contributed by atoms with Crippen LogP contribution in [0.1, 0.15) is 11.4 Å². The van der Waals surface area contributed by atoms with Gasteiger partial charge in [-0.15, -0.1) is 10.2 Å². The Morgan fingerprint density at radius 2 is 1.89 bits per heavy atom. The van der Waals surface area contributed by atoms with Gasteiger partial charge in [0.05, 0.1) is 24.8 Å². The van der Waals surface area contributed by atoms with E-state index >= 15 is 0 Å². The lowest BCUT2D eigenvalue weighted by atomic mass is 10.1. The molecule has 0 radical (unpaired) electrons. The van der Waals surface area contributed by atoms with Crippen molar-refractivity contribution >= 4 is 23.3 Å². The van der Waals surface area contributed by atoms with Crippen molar-refractivity contribution in [3.63, 3.8) is 0 Å². The van der Waals surface area contributed by atoms with Crippen molar-refractivity contribution in [3.8, 4) is 29.0 Å². The first-order chi connectivity index (χ1) is 13.1. The molecule has 0 amide bonds. The fourth-order valence-electron chi connectivity index (χ4n) is 2.74. The van der Waals surface area contributed by atoms with Gasteiger partial charge in [0.2, 0.25) is 0 Å². The van der Waals surface area contributed by atoms with Crippen LogP contribution in [-0.2, 0) is 7.05 Å². The first kappa shape index (κ1) is 18.5. The lowest BCUT2D eigenvalue weighted by Gasteiger charge is -2.10. The van der Waals surface area contributed by atoms with E-state index in [2.05, 4.69) is 16.3 Å². The monoisotopic (exact) mass is 380 g/mol. The molecule has 0 aliphatic carbocycles. The maximum atomic E-state index is 9.65. The molecule has 136 valence electrons. The van der Waals surface area contributed by atoms with Gasteiger partial charge in [-0.2, -0.15) is 5.26 Å². The molecule has 0 atom stereocenters. The summed E-state index contributed by atoms with van der Waals surface area (Å²) in [7, 11) is 4.87. The van der Waals surface area contributed by atoms with Gasteiger partial charge in [-0.3, -0.25) is 0 Å². The van der Waals surface area contributed by atoms with Crippen LogP contribution < -0.4 is 9.47 Å². The minimum absolute atomic E-state index is 0.357. The Balaban J connectivity index is 2.05. The molecule has 6 nitrogen and oxygen atoms in total. The number of hydrogen-bond donors (Lipinski definition) is 0. The van der Waals surface area contributed by atoms with E-state index in [0.29, 0.717) is 39.3 Å². The summed E-state index contributed by atoms with van der Waals surface area (Å²) >= 11 is 6.25. The molecule has 0 saturated carbocycles. The molecule has 0 bridgehead atoms. The Bertz CT molecular complexity index is 1040. The van der Waals surface area contributed by atoms with E-state index in [1.165, 1.54) is 14.2 Å². The summed E-state index contributed by atoms with van der Waals surface area (Å²) in [6.45, 7) is 0. The van der Waals surface area contributed by atoms with E-state index in [4.69, 9.17) is 21.1 Å². The minimum Gasteiger partial charge on any atom is -0.493 e. The summed E-state index contributed by atoms with van der Waals surface area (Å²) in [5.41, 5.74) is 1.97. The van der Waals surface area contributed by atoms with Gasteiger partial charge < -0.3 is 14.0 Å². The van der Waals surface area contributed by atoms with E-state index in [1.54, 1.807) is 22.8 Å². The average Bonchev–Trinajstić information content (AvgIpc) is 3.07. The highest BCUT2D eigenvalue weighted by Gasteiger charge is 2.16. The fourth-order valence-corrected chi connectivity index (χ4v) is 3.03. The van der Waals surface area contributed by atoms with Crippen LogP contribution in [0.2, 0.25) is 5.02 Å². The van der Waals surface area contributed by atoms with Crippen LogP contribution in [-0.4, -0.2) is 29.0 Å². The summed E-state index contributed by atoms with van der Waals surface area (Å²) < 4.78 is 12.3. The van der Waals surface area contributed by atoms with E-state index in [0.717, 1.165) is 5.56 Å². The molecule has 1 aromatic heterocycles. The van der Waals surface area contributed by atoms with Crippen molar-refractivity contribution in [3.05, 3.63) is 58.9 Å². The lowest BCUT2D eigenvalue weighted by molar-refractivity contribution is 0.355. The average molecular weight is 381 g/mol. The highest BCUT2D eigenvalue weighted by Crippen LogP contribution is 2.37. The Kier molecular flexibility index (Phi) is 5.43. The number of aromatic nitrogens is 3. The van der Waals surface area contributed by atoms with Gasteiger partial charge in [-0.1, -0.05) is 41.9 Å². The number of allylic oxidation sites excluding steroid dienone is 1. The van der Waals surface area contributed by atoms with E-state index < -0.39 is 0 Å². The predicted octanol–water partition coefficient (Wildman–Crippen LogP) is 4.22. The van der Waals surface area contributed by atoms with Gasteiger partial charge in [0.25, 0.3) is 0 Å². The number of benzene rings is 2. The van der Waals surface area contributed by atoms with E-state index in [9.17, 15) is 5.26 Å². The van der Waals surface area contributed by atoms with Gasteiger partial charge in [0, 0.05) is 12.6 Å². The van der Waals surface area contributed by atoms with Crippen molar-refractivity contribution in [2.45, 2.75) is 0 Å². The summed E-state index contributed by atoms with van der Waals surface area (Å²) in [5, 5.41) is 18.5. The molecule has 0 aliphatic rings. The number of nitrogens with zero attached hydrogens (tertiary/aromatic N) is 4. The molecule has 1 heterocycles. The zero-order valence-electron chi connectivity index (χ0n) is 15.1. The van der Waals surface area contributed by atoms with Gasteiger partial charge in [-0.25, -0.2) is 0 Å². The van der Waals surface area contributed by atoms with E-state index in [-0.39, 0.29) is 0 Å². The third kappa shape index (κ3) is 3.64. The number of ether oxygens (including phenoxy) is 2. The Morgan fingerprint density at radius 1 is 1.15 bits per heavy atom. The van der Waals surface area contributed by atoms with Gasteiger partial charge in [-0.05, 0) is 23.8 Å². The number of rotatable bonds is 5. The number of methoxy groups -OCH3 is 2. The molecular formula is C20H17ClN4O2. The molecule has 27 heavy (non-hydrogen) atoms.